The fourth-order valence-electron chi connectivity index (χ4n) is 9.87. The Bertz CT molecular complexity index is 1890. The summed E-state index contributed by atoms with van der Waals surface area (Å²) in [6.07, 6.45) is 8.96. The van der Waals surface area contributed by atoms with Crippen LogP contribution < -0.4 is 10.6 Å². The number of fused-ring (bicyclic) bond motifs is 4. The fraction of sp³-hybridized carbons (Fsp3) is 0.561. The number of hydrogen-bond donors (Lipinski definition) is 4. The molecule has 0 unspecified atom stereocenters. The van der Waals surface area contributed by atoms with Crippen LogP contribution in [0, 0.1) is 0 Å². The first-order valence-corrected chi connectivity index (χ1v) is 21.5. The maximum Gasteiger partial charge on any atom is 0.169 e. The minimum atomic E-state index is 0.403. The molecular weight excluding hydrogens is 701 g/mol. The van der Waals surface area contributed by atoms with Gasteiger partial charge in [0.05, 0.1) is 5.03 Å². The molecule has 280 valence electrons. The van der Waals surface area contributed by atoms with Crippen molar-refractivity contribution < 1.29 is 0 Å². The zero-order chi connectivity index (χ0) is 36.7. The largest absolute Gasteiger partial charge is 0.361 e. The molecule has 0 spiro atoms. The van der Waals surface area contributed by atoms with Gasteiger partial charge in [-0.15, -0.1) is 11.8 Å². The van der Waals surface area contributed by atoms with Gasteiger partial charge in [-0.05, 0) is 133 Å². The van der Waals surface area contributed by atoms with Gasteiger partial charge in [-0.3, -0.25) is 0 Å². The molecule has 0 bridgehead atoms. The van der Waals surface area contributed by atoms with Gasteiger partial charge in [0.15, 0.2) is 10.2 Å². The van der Waals surface area contributed by atoms with E-state index in [2.05, 4.69) is 131 Å². The third-order valence-corrected chi connectivity index (χ3v) is 14.0. The second kappa shape index (κ2) is 15.9. The first kappa shape index (κ1) is 37.5. The van der Waals surface area contributed by atoms with E-state index < -0.39 is 0 Å². The molecule has 11 heteroatoms. The van der Waals surface area contributed by atoms with Crippen molar-refractivity contribution in [3.63, 3.8) is 0 Å². The molecule has 0 saturated carbocycles. The molecule has 52 heavy (non-hydrogen) atoms. The quantitative estimate of drug-likeness (QED) is 0.119. The number of benzene rings is 2. The number of nitrogens with one attached hydrogen (secondary N) is 4. The molecule has 4 aromatic rings. The van der Waals surface area contributed by atoms with Crippen LogP contribution in [0.2, 0.25) is 0 Å². The number of nitrogens with zero attached hydrogens (tertiary/aromatic N) is 4. The average Bonchev–Trinajstić information content (AvgIpc) is 3.73. The van der Waals surface area contributed by atoms with Crippen molar-refractivity contribution in [3.05, 3.63) is 64.8 Å². The lowest BCUT2D eigenvalue weighted by Gasteiger charge is -2.46. The molecule has 8 nitrogen and oxygen atoms in total. The van der Waals surface area contributed by atoms with Gasteiger partial charge in [0.25, 0.3) is 0 Å². The molecule has 8 rings (SSSR count). The molecule has 2 saturated heterocycles. The second-order valence-electron chi connectivity index (χ2n) is 15.2. The van der Waals surface area contributed by atoms with Gasteiger partial charge < -0.3 is 40.2 Å². The highest BCUT2D eigenvalue weighted by Crippen LogP contribution is 2.46. The number of aromatic nitrogens is 2. The Labute approximate surface area is 325 Å². The number of aromatic amines is 2. The van der Waals surface area contributed by atoms with E-state index in [4.69, 9.17) is 24.4 Å². The van der Waals surface area contributed by atoms with Gasteiger partial charge in [-0.2, -0.15) is 0 Å². The highest BCUT2D eigenvalue weighted by Gasteiger charge is 2.41. The lowest BCUT2D eigenvalue weighted by atomic mass is 9.74. The van der Waals surface area contributed by atoms with Crippen LogP contribution in [-0.4, -0.2) is 124 Å². The van der Waals surface area contributed by atoms with E-state index in [-0.39, 0.29) is 0 Å². The van der Waals surface area contributed by atoms with Gasteiger partial charge in [0.1, 0.15) is 0 Å². The van der Waals surface area contributed by atoms with E-state index in [0.717, 1.165) is 75.2 Å². The second-order valence-corrected chi connectivity index (χ2v) is 16.8. The van der Waals surface area contributed by atoms with Crippen molar-refractivity contribution in [1.82, 2.24) is 40.2 Å². The van der Waals surface area contributed by atoms with Crippen molar-refractivity contribution in [1.29, 1.82) is 0 Å². The van der Waals surface area contributed by atoms with Crippen molar-refractivity contribution >= 4 is 68.2 Å². The van der Waals surface area contributed by atoms with E-state index in [1.165, 1.54) is 49.1 Å². The summed E-state index contributed by atoms with van der Waals surface area (Å²) < 4.78 is 0. The summed E-state index contributed by atoms with van der Waals surface area (Å²) in [5.41, 5.74) is 8.60. The molecule has 2 aromatic carbocycles. The zero-order valence-corrected chi connectivity index (χ0v) is 34.5. The molecule has 4 aliphatic rings. The number of thioether (sulfide) groups is 1. The lowest BCUT2D eigenvalue weighted by Crippen LogP contribution is -2.56. The van der Waals surface area contributed by atoms with Crippen LogP contribution in [0.3, 0.4) is 0 Å². The standard InChI is InChI=1S/C21H30N4S2.C20H28N4S/c1-5-25(6-2)21(26)22-13-10-15-14-8-7-9-17-19(14)16(20(23-17)27-4)11-18(15)24(3)12-13;1-4-24(5-2)20(25)22-14-10-16-15-7-6-8-17-19(15)13(11-21-17)9-18(16)23(3)12-14/h7-9,13,15,18,23H,5-6,10-12H2,1-4H3,(H,22,26);6-8,11,14,16,18,21H,4-5,9-10,12H2,1-3H3,(H,22,25)/t13-,15+,18+;14-,16+,18+/m00/s1. The SMILES string of the molecule is CCN(CC)C(=S)N[C@H]1C[C@@H]2c3cccc4[nH]c(SC)c(c34)C[C@H]2N(C)C1.CCN(CC)C(=S)N[C@H]1C[C@@H]2c3cccc4[nH]cc(c34)C[C@H]2N(C)C1. The lowest BCUT2D eigenvalue weighted by molar-refractivity contribution is 0.133. The molecule has 2 aliphatic carbocycles. The Morgan fingerprint density at radius 2 is 1.29 bits per heavy atom. The van der Waals surface area contributed by atoms with E-state index in [9.17, 15) is 0 Å². The molecule has 4 N–H and O–H groups in total. The molecular formula is C41H58N8S3. The number of likely N-dealkylation sites (N-methyl/N-ethyl adjacent to an activating group) is 2. The van der Waals surface area contributed by atoms with Crippen molar-refractivity contribution in [2.45, 2.75) is 94.4 Å². The molecule has 2 aliphatic heterocycles. The van der Waals surface area contributed by atoms with Gasteiger partial charge in [-0.1, -0.05) is 24.3 Å². The summed E-state index contributed by atoms with van der Waals surface area (Å²) in [5, 5.41) is 13.4. The summed E-state index contributed by atoms with van der Waals surface area (Å²) in [6, 6.07) is 15.5. The van der Waals surface area contributed by atoms with Crippen LogP contribution in [0.5, 0.6) is 0 Å². The van der Waals surface area contributed by atoms with Crippen molar-refractivity contribution in [2.75, 3.05) is 59.6 Å². The predicted octanol–water partition coefficient (Wildman–Crippen LogP) is 6.92. The number of likely N-dealkylation sites (tertiary alicyclic amines) is 2. The summed E-state index contributed by atoms with van der Waals surface area (Å²) in [5.74, 6) is 1.13. The summed E-state index contributed by atoms with van der Waals surface area (Å²) >= 11 is 13.2. The van der Waals surface area contributed by atoms with E-state index >= 15 is 0 Å². The maximum absolute atomic E-state index is 5.67. The Morgan fingerprint density at radius 1 is 0.769 bits per heavy atom. The minimum absolute atomic E-state index is 0.403. The number of rotatable bonds is 7. The first-order chi connectivity index (χ1) is 25.2. The van der Waals surface area contributed by atoms with Crippen molar-refractivity contribution in [2.24, 2.45) is 0 Å². The summed E-state index contributed by atoms with van der Waals surface area (Å²) in [6.45, 7) is 14.6. The van der Waals surface area contributed by atoms with Gasteiger partial charge in [0, 0.05) is 103 Å². The van der Waals surface area contributed by atoms with Crippen LogP contribution in [0.25, 0.3) is 21.8 Å². The zero-order valence-electron chi connectivity index (χ0n) is 32.1. The number of thiocarbonyl (C=S) groups is 2. The monoisotopic (exact) mass is 758 g/mol. The fourth-order valence-corrected chi connectivity index (χ4v) is 11.4. The Balaban J connectivity index is 0.000000162. The van der Waals surface area contributed by atoms with Crippen LogP contribution in [0.4, 0.5) is 0 Å². The van der Waals surface area contributed by atoms with Crippen LogP contribution in [0.15, 0.2) is 47.6 Å². The molecule has 0 radical (unpaired) electrons. The normalized spacial score (nSPS) is 25.1. The van der Waals surface area contributed by atoms with Gasteiger partial charge >= 0.3 is 0 Å². The number of H-pyrrole nitrogens is 2. The Hall–Kier alpha value is -2.83. The average molecular weight is 759 g/mol. The Kier molecular flexibility index (Phi) is 11.4. The predicted molar refractivity (Wildman–Crippen MR) is 228 cm³/mol. The number of hydrogen-bond acceptors (Lipinski definition) is 5. The van der Waals surface area contributed by atoms with Gasteiger partial charge in [0.2, 0.25) is 0 Å². The summed E-state index contributed by atoms with van der Waals surface area (Å²) in [4.78, 5) is 16.6. The smallest absolute Gasteiger partial charge is 0.169 e. The van der Waals surface area contributed by atoms with Crippen LogP contribution >= 0.6 is 36.2 Å². The number of piperidine rings is 2. The Morgan fingerprint density at radius 3 is 1.83 bits per heavy atom. The molecule has 4 heterocycles. The highest BCUT2D eigenvalue weighted by atomic mass is 32.2. The van der Waals surface area contributed by atoms with E-state index in [0.29, 0.717) is 36.0 Å². The third-order valence-electron chi connectivity index (χ3n) is 12.5. The summed E-state index contributed by atoms with van der Waals surface area (Å²) in [7, 11) is 4.55. The molecule has 0 amide bonds. The van der Waals surface area contributed by atoms with E-state index in [1.807, 2.05) is 11.8 Å². The molecule has 2 aromatic heterocycles. The first-order valence-electron chi connectivity index (χ1n) is 19.5. The molecule has 6 atom stereocenters. The van der Waals surface area contributed by atoms with Crippen LogP contribution in [-0.2, 0) is 12.8 Å². The topological polar surface area (TPSA) is 68.6 Å². The minimum Gasteiger partial charge on any atom is -0.361 e. The maximum atomic E-state index is 5.67. The molecule has 2 fully saturated rings. The van der Waals surface area contributed by atoms with Crippen molar-refractivity contribution in [3.8, 4) is 0 Å². The van der Waals surface area contributed by atoms with E-state index in [1.54, 1.807) is 0 Å². The van der Waals surface area contributed by atoms with Gasteiger partial charge in [-0.25, -0.2) is 0 Å². The van der Waals surface area contributed by atoms with Crippen LogP contribution in [0.1, 0.15) is 74.6 Å². The third kappa shape index (κ3) is 6.96. The highest BCUT2D eigenvalue weighted by molar-refractivity contribution is 7.98.